The fraction of sp³-hybridized carbons (Fsp3) is 0.125. The molecule has 0 saturated carbocycles. The van der Waals surface area contributed by atoms with Gasteiger partial charge in [-0.3, -0.25) is 14.9 Å². The number of hydrogen-bond donors (Lipinski definition) is 3. The van der Waals surface area contributed by atoms with Gasteiger partial charge >= 0.3 is 0 Å². The van der Waals surface area contributed by atoms with Crippen LogP contribution in [-0.2, 0) is 11.2 Å². The Morgan fingerprint density at radius 1 is 1.29 bits per heavy atom. The second-order valence-corrected chi connectivity index (χ2v) is 6.24. The molecule has 3 heterocycles. The number of imidazole rings is 1. The van der Waals surface area contributed by atoms with E-state index >= 15 is 0 Å². The molecule has 0 bridgehead atoms. The highest BCUT2D eigenvalue weighted by Gasteiger charge is 2.16. The number of aryl methyl sites for hydroxylation is 1. The molecule has 0 saturated heterocycles. The Labute approximate surface area is 141 Å². The van der Waals surface area contributed by atoms with Crippen molar-refractivity contribution in [3.8, 4) is 11.3 Å². The summed E-state index contributed by atoms with van der Waals surface area (Å²) in [6.45, 7) is 0. The Morgan fingerprint density at radius 2 is 2.21 bits per heavy atom. The fourth-order valence-electron chi connectivity index (χ4n) is 2.55. The van der Waals surface area contributed by atoms with Gasteiger partial charge in [0.15, 0.2) is 5.13 Å². The lowest BCUT2D eigenvalue weighted by molar-refractivity contribution is -0.116. The highest BCUT2D eigenvalue weighted by Crippen LogP contribution is 2.30. The molecule has 24 heavy (non-hydrogen) atoms. The number of aromatic amines is 1. The van der Waals surface area contributed by atoms with Crippen LogP contribution in [0.3, 0.4) is 0 Å². The molecule has 2 aromatic heterocycles. The van der Waals surface area contributed by atoms with Gasteiger partial charge in [-0.1, -0.05) is 6.07 Å². The van der Waals surface area contributed by atoms with Crippen molar-refractivity contribution >= 4 is 34.0 Å². The predicted octanol–water partition coefficient (Wildman–Crippen LogP) is 2.67. The van der Waals surface area contributed by atoms with Gasteiger partial charge in [-0.15, -0.1) is 11.3 Å². The van der Waals surface area contributed by atoms with E-state index in [2.05, 4.69) is 25.6 Å². The summed E-state index contributed by atoms with van der Waals surface area (Å²) in [6, 6.07) is 5.84. The van der Waals surface area contributed by atoms with Gasteiger partial charge in [0.25, 0.3) is 5.91 Å². The van der Waals surface area contributed by atoms with Gasteiger partial charge in [0.05, 0.1) is 18.2 Å². The summed E-state index contributed by atoms with van der Waals surface area (Å²) in [4.78, 5) is 34.4. The second-order valence-electron chi connectivity index (χ2n) is 5.38. The van der Waals surface area contributed by atoms with Crippen molar-refractivity contribution in [3.63, 3.8) is 0 Å². The standard InChI is InChI=1S/C16H13N5O2S/c22-14-4-2-9-5-10(1-3-11(9)19-14)13-7-24-16(20-13)21-15(23)12-6-17-8-18-12/h1,3,5-8H,2,4H2,(H,17,18)(H,19,22)(H,20,21,23). The second kappa shape index (κ2) is 5.89. The van der Waals surface area contributed by atoms with E-state index in [0.717, 1.165) is 28.9 Å². The number of hydrogen-bond acceptors (Lipinski definition) is 5. The van der Waals surface area contributed by atoms with E-state index in [1.807, 2.05) is 23.6 Å². The minimum atomic E-state index is -0.276. The molecular weight excluding hydrogens is 326 g/mol. The predicted molar refractivity (Wildman–Crippen MR) is 91.0 cm³/mol. The maximum atomic E-state index is 12.0. The van der Waals surface area contributed by atoms with Crippen molar-refractivity contribution in [2.45, 2.75) is 12.8 Å². The quantitative estimate of drug-likeness (QED) is 0.683. The first-order chi connectivity index (χ1) is 11.7. The molecule has 0 unspecified atom stereocenters. The van der Waals surface area contributed by atoms with Crippen LogP contribution in [0.1, 0.15) is 22.5 Å². The van der Waals surface area contributed by atoms with Crippen molar-refractivity contribution < 1.29 is 9.59 Å². The number of H-pyrrole nitrogens is 1. The zero-order chi connectivity index (χ0) is 16.5. The molecule has 0 atom stereocenters. The Hall–Kier alpha value is -3.00. The van der Waals surface area contributed by atoms with E-state index in [4.69, 9.17) is 0 Å². The third-order valence-electron chi connectivity index (χ3n) is 3.76. The Kier molecular flexibility index (Phi) is 3.58. The molecular formula is C16H13N5O2S. The van der Waals surface area contributed by atoms with Crippen LogP contribution in [0.25, 0.3) is 11.3 Å². The minimum absolute atomic E-state index is 0.0488. The molecule has 8 heteroatoms. The van der Waals surface area contributed by atoms with Crippen LogP contribution < -0.4 is 10.6 Å². The number of nitrogens with zero attached hydrogens (tertiary/aromatic N) is 2. The van der Waals surface area contributed by atoms with Crippen molar-refractivity contribution in [2.24, 2.45) is 0 Å². The van der Waals surface area contributed by atoms with Crippen LogP contribution >= 0.6 is 11.3 Å². The monoisotopic (exact) mass is 339 g/mol. The lowest BCUT2D eigenvalue weighted by Crippen LogP contribution is -2.18. The van der Waals surface area contributed by atoms with Gasteiger partial charge in [-0.05, 0) is 24.1 Å². The Morgan fingerprint density at radius 3 is 3.04 bits per heavy atom. The normalized spacial score (nSPS) is 13.2. The molecule has 0 fully saturated rings. The number of rotatable bonds is 3. The van der Waals surface area contributed by atoms with Gasteiger partial charge in [0.1, 0.15) is 5.69 Å². The lowest BCUT2D eigenvalue weighted by Gasteiger charge is -2.17. The molecule has 7 nitrogen and oxygen atoms in total. The van der Waals surface area contributed by atoms with Crippen LogP contribution in [0.4, 0.5) is 10.8 Å². The molecule has 0 aliphatic carbocycles. The molecule has 0 radical (unpaired) electrons. The SMILES string of the molecule is O=C1CCc2cc(-c3csc(NC(=O)c4cnc[nH]4)n3)ccc2N1. The number of carbonyl (C=O) groups is 2. The Balaban J connectivity index is 1.54. The van der Waals surface area contributed by atoms with Gasteiger partial charge in [-0.2, -0.15) is 0 Å². The van der Waals surface area contributed by atoms with E-state index in [-0.39, 0.29) is 11.8 Å². The van der Waals surface area contributed by atoms with Crippen LogP contribution in [-0.4, -0.2) is 26.8 Å². The number of nitrogens with one attached hydrogen (secondary N) is 3. The molecule has 3 N–H and O–H groups in total. The lowest BCUT2D eigenvalue weighted by atomic mass is 9.99. The van der Waals surface area contributed by atoms with Gasteiger partial charge in [-0.25, -0.2) is 9.97 Å². The molecule has 1 aliphatic heterocycles. The van der Waals surface area contributed by atoms with E-state index < -0.39 is 0 Å². The third kappa shape index (κ3) is 2.79. The molecule has 1 aromatic carbocycles. The first kappa shape index (κ1) is 14.6. The summed E-state index contributed by atoms with van der Waals surface area (Å²) < 4.78 is 0. The van der Waals surface area contributed by atoms with Crippen LogP contribution in [0.15, 0.2) is 36.1 Å². The van der Waals surface area contributed by atoms with Crippen LogP contribution in [0, 0.1) is 0 Å². The smallest absolute Gasteiger partial charge is 0.275 e. The van der Waals surface area contributed by atoms with Crippen molar-refractivity contribution in [1.29, 1.82) is 0 Å². The zero-order valence-electron chi connectivity index (χ0n) is 12.5. The number of fused-ring (bicyclic) bond motifs is 1. The highest BCUT2D eigenvalue weighted by molar-refractivity contribution is 7.14. The molecule has 120 valence electrons. The van der Waals surface area contributed by atoms with Crippen molar-refractivity contribution in [3.05, 3.63) is 47.4 Å². The Bertz CT molecular complexity index is 916. The van der Waals surface area contributed by atoms with Crippen LogP contribution in [0.5, 0.6) is 0 Å². The van der Waals surface area contributed by atoms with E-state index in [0.29, 0.717) is 17.2 Å². The molecule has 4 rings (SSSR count). The summed E-state index contributed by atoms with van der Waals surface area (Å²) in [5, 5.41) is 8.02. The number of benzene rings is 1. The molecule has 0 spiro atoms. The molecule has 2 amide bonds. The number of anilines is 2. The molecule has 1 aliphatic rings. The minimum Gasteiger partial charge on any atom is -0.341 e. The van der Waals surface area contributed by atoms with Crippen molar-refractivity contribution in [1.82, 2.24) is 15.0 Å². The van der Waals surface area contributed by atoms with Crippen molar-refractivity contribution in [2.75, 3.05) is 10.6 Å². The fourth-order valence-corrected chi connectivity index (χ4v) is 3.27. The average molecular weight is 339 g/mol. The average Bonchev–Trinajstić information content (AvgIpc) is 3.26. The summed E-state index contributed by atoms with van der Waals surface area (Å²) in [7, 11) is 0. The number of amides is 2. The largest absolute Gasteiger partial charge is 0.341 e. The summed E-state index contributed by atoms with van der Waals surface area (Å²) in [5.41, 5.74) is 4.10. The highest BCUT2D eigenvalue weighted by atomic mass is 32.1. The van der Waals surface area contributed by atoms with Crippen LogP contribution in [0.2, 0.25) is 0 Å². The molecule has 3 aromatic rings. The maximum absolute atomic E-state index is 12.0. The summed E-state index contributed by atoms with van der Waals surface area (Å²) in [5.74, 6) is -0.228. The summed E-state index contributed by atoms with van der Waals surface area (Å²) in [6.07, 6.45) is 4.14. The van der Waals surface area contributed by atoms with E-state index in [1.165, 1.54) is 23.9 Å². The van der Waals surface area contributed by atoms with Gasteiger partial charge in [0, 0.05) is 23.1 Å². The topological polar surface area (TPSA) is 99.8 Å². The van der Waals surface area contributed by atoms with E-state index in [9.17, 15) is 9.59 Å². The van der Waals surface area contributed by atoms with Gasteiger partial charge < -0.3 is 10.3 Å². The number of carbonyl (C=O) groups excluding carboxylic acids is 2. The van der Waals surface area contributed by atoms with E-state index in [1.54, 1.807) is 0 Å². The zero-order valence-corrected chi connectivity index (χ0v) is 13.3. The summed E-state index contributed by atoms with van der Waals surface area (Å²) >= 11 is 1.36. The first-order valence-electron chi connectivity index (χ1n) is 7.37. The first-order valence-corrected chi connectivity index (χ1v) is 8.25. The van der Waals surface area contributed by atoms with Gasteiger partial charge in [0.2, 0.25) is 5.91 Å². The third-order valence-corrected chi connectivity index (χ3v) is 4.52. The maximum Gasteiger partial charge on any atom is 0.275 e. The number of aromatic nitrogens is 3. The number of thiazole rings is 1.